The molecule has 0 radical (unpaired) electrons. The van der Waals surface area contributed by atoms with Gasteiger partial charge in [-0.2, -0.15) is 0 Å². The SMILES string of the molecule is CC(NCCC(C)(C)O)c1ccc2c(c1)OCO2. The Morgan fingerprint density at radius 3 is 2.78 bits per heavy atom. The van der Waals surface area contributed by atoms with Crippen molar-refractivity contribution in [3.05, 3.63) is 23.8 Å². The van der Waals surface area contributed by atoms with Crippen LogP contribution in [-0.2, 0) is 0 Å². The lowest BCUT2D eigenvalue weighted by Gasteiger charge is -2.20. The maximum Gasteiger partial charge on any atom is 0.231 e. The molecule has 0 bridgehead atoms. The van der Waals surface area contributed by atoms with Gasteiger partial charge in [-0.3, -0.25) is 0 Å². The van der Waals surface area contributed by atoms with E-state index in [1.807, 2.05) is 32.0 Å². The Morgan fingerprint density at radius 2 is 2.06 bits per heavy atom. The highest BCUT2D eigenvalue weighted by Crippen LogP contribution is 2.34. The Hall–Kier alpha value is -1.26. The van der Waals surface area contributed by atoms with Gasteiger partial charge in [-0.25, -0.2) is 0 Å². The zero-order chi connectivity index (χ0) is 13.2. The van der Waals surface area contributed by atoms with Gasteiger partial charge in [-0.1, -0.05) is 6.07 Å². The van der Waals surface area contributed by atoms with Crippen LogP contribution in [0, 0.1) is 0 Å². The second kappa shape index (κ2) is 5.16. The molecule has 0 aliphatic carbocycles. The summed E-state index contributed by atoms with van der Waals surface area (Å²) >= 11 is 0. The van der Waals surface area contributed by atoms with Crippen molar-refractivity contribution in [2.24, 2.45) is 0 Å². The molecular weight excluding hydrogens is 230 g/mol. The van der Waals surface area contributed by atoms with Crippen LogP contribution in [0.15, 0.2) is 18.2 Å². The number of benzene rings is 1. The molecule has 0 amide bonds. The minimum atomic E-state index is -0.623. The van der Waals surface area contributed by atoms with Crippen molar-refractivity contribution in [1.29, 1.82) is 0 Å². The molecule has 18 heavy (non-hydrogen) atoms. The van der Waals surface area contributed by atoms with E-state index in [0.29, 0.717) is 6.79 Å². The van der Waals surface area contributed by atoms with Crippen LogP contribution in [0.25, 0.3) is 0 Å². The van der Waals surface area contributed by atoms with Gasteiger partial charge < -0.3 is 19.9 Å². The van der Waals surface area contributed by atoms with E-state index in [4.69, 9.17) is 9.47 Å². The van der Waals surface area contributed by atoms with Crippen molar-refractivity contribution in [1.82, 2.24) is 5.32 Å². The van der Waals surface area contributed by atoms with Gasteiger partial charge in [0.05, 0.1) is 5.60 Å². The maximum atomic E-state index is 9.65. The fourth-order valence-corrected chi connectivity index (χ4v) is 1.89. The maximum absolute atomic E-state index is 9.65. The van der Waals surface area contributed by atoms with Gasteiger partial charge in [-0.05, 0) is 51.4 Å². The Morgan fingerprint density at radius 1 is 1.33 bits per heavy atom. The molecule has 0 spiro atoms. The van der Waals surface area contributed by atoms with Crippen molar-refractivity contribution < 1.29 is 14.6 Å². The molecule has 4 heteroatoms. The summed E-state index contributed by atoms with van der Waals surface area (Å²) in [5, 5.41) is 13.0. The second-order valence-corrected chi connectivity index (χ2v) is 5.35. The molecule has 4 nitrogen and oxygen atoms in total. The van der Waals surface area contributed by atoms with Crippen LogP contribution >= 0.6 is 0 Å². The van der Waals surface area contributed by atoms with Gasteiger partial charge in [0.15, 0.2) is 11.5 Å². The van der Waals surface area contributed by atoms with Crippen molar-refractivity contribution in [2.75, 3.05) is 13.3 Å². The van der Waals surface area contributed by atoms with Crippen LogP contribution < -0.4 is 14.8 Å². The Labute approximate surface area is 108 Å². The highest BCUT2D eigenvalue weighted by atomic mass is 16.7. The number of hydrogen-bond donors (Lipinski definition) is 2. The summed E-state index contributed by atoms with van der Waals surface area (Å²) in [5.41, 5.74) is 0.539. The van der Waals surface area contributed by atoms with Gasteiger partial charge in [0.25, 0.3) is 0 Å². The first-order valence-corrected chi connectivity index (χ1v) is 6.31. The third kappa shape index (κ3) is 3.37. The van der Waals surface area contributed by atoms with E-state index in [0.717, 1.165) is 30.0 Å². The first-order valence-electron chi connectivity index (χ1n) is 6.31. The van der Waals surface area contributed by atoms with E-state index in [1.165, 1.54) is 0 Å². The van der Waals surface area contributed by atoms with Crippen molar-refractivity contribution in [3.8, 4) is 11.5 Å². The fourth-order valence-electron chi connectivity index (χ4n) is 1.89. The molecule has 2 rings (SSSR count). The topological polar surface area (TPSA) is 50.7 Å². The zero-order valence-corrected chi connectivity index (χ0v) is 11.2. The van der Waals surface area contributed by atoms with Gasteiger partial charge in [0.1, 0.15) is 0 Å². The summed E-state index contributed by atoms with van der Waals surface area (Å²) in [6.07, 6.45) is 0.724. The lowest BCUT2D eigenvalue weighted by molar-refractivity contribution is 0.0705. The Kier molecular flexibility index (Phi) is 3.78. The smallest absolute Gasteiger partial charge is 0.231 e. The molecule has 0 saturated heterocycles. The second-order valence-electron chi connectivity index (χ2n) is 5.35. The van der Waals surface area contributed by atoms with E-state index in [-0.39, 0.29) is 6.04 Å². The average Bonchev–Trinajstić information content (AvgIpc) is 2.73. The molecule has 1 unspecified atom stereocenters. The fraction of sp³-hybridized carbons (Fsp3) is 0.571. The number of ether oxygens (including phenoxy) is 2. The molecule has 1 aromatic rings. The van der Waals surface area contributed by atoms with E-state index in [1.54, 1.807) is 0 Å². The quantitative estimate of drug-likeness (QED) is 0.842. The minimum absolute atomic E-state index is 0.224. The highest BCUT2D eigenvalue weighted by molar-refractivity contribution is 5.45. The number of aliphatic hydroxyl groups is 1. The van der Waals surface area contributed by atoms with Crippen molar-refractivity contribution in [2.45, 2.75) is 38.8 Å². The molecule has 100 valence electrons. The summed E-state index contributed by atoms with van der Waals surface area (Å²) in [6.45, 7) is 6.82. The molecule has 0 fully saturated rings. The molecule has 1 atom stereocenters. The Bertz CT molecular complexity index is 412. The lowest BCUT2D eigenvalue weighted by atomic mass is 10.0. The van der Waals surface area contributed by atoms with Gasteiger partial charge in [0.2, 0.25) is 6.79 Å². The summed E-state index contributed by atoms with van der Waals surface area (Å²) in [5.74, 6) is 1.62. The number of fused-ring (bicyclic) bond motifs is 1. The third-order valence-electron chi connectivity index (χ3n) is 3.08. The molecule has 2 N–H and O–H groups in total. The number of hydrogen-bond acceptors (Lipinski definition) is 4. The number of nitrogens with one attached hydrogen (secondary N) is 1. The molecule has 1 aromatic carbocycles. The van der Waals surface area contributed by atoms with E-state index < -0.39 is 5.60 Å². The summed E-state index contributed by atoms with van der Waals surface area (Å²) < 4.78 is 10.6. The first kappa shape index (κ1) is 13.2. The van der Waals surface area contributed by atoms with Crippen LogP contribution in [0.5, 0.6) is 11.5 Å². The standard InChI is InChI=1S/C14H21NO3/c1-10(15-7-6-14(2,3)16)11-4-5-12-13(8-11)18-9-17-12/h4-5,8,10,15-16H,6-7,9H2,1-3H3. The zero-order valence-electron chi connectivity index (χ0n) is 11.2. The lowest BCUT2D eigenvalue weighted by Crippen LogP contribution is -2.28. The normalized spacial score (nSPS) is 15.8. The van der Waals surface area contributed by atoms with Crippen LogP contribution in [-0.4, -0.2) is 24.0 Å². The minimum Gasteiger partial charge on any atom is -0.454 e. The van der Waals surface area contributed by atoms with Crippen LogP contribution in [0.1, 0.15) is 38.8 Å². The van der Waals surface area contributed by atoms with E-state index >= 15 is 0 Å². The van der Waals surface area contributed by atoms with Crippen molar-refractivity contribution >= 4 is 0 Å². The van der Waals surface area contributed by atoms with Gasteiger partial charge in [0, 0.05) is 6.04 Å². The van der Waals surface area contributed by atoms with Crippen LogP contribution in [0.3, 0.4) is 0 Å². The molecule has 0 aromatic heterocycles. The molecule has 1 heterocycles. The summed E-state index contributed by atoms with van der Waals surface area (Å²) in [6, 6.07) is 6.20. The predicted octanol–water partition coefficient (Wildman–Crippen LogP) is 2.23. The Balaban J connectivity index is 1.91. The van der Waals surface area contributed by atoms with Crippen LogP contribution in [0.2, 0.25) is 0 Å². The van der Waals surface area contributed by atoms with Gasteiger partial charge in [-0.15, -0.1) is 0 Å². The third-order valence-corrected chi connectivity index (χ3v) is 3.08. The highest BCUT2D eigenvalue weighted by Gasteiger charge is 2.16. The largest absolute Gasteiger partial charge is 0.454 e. The molecule has 1 aliphatic heterocycles. The summed E-state index contributed by atoms with van der Waals surface area (Å²) in [4.78, 5) is 0. The molecule has 1 aliphatic rings. The molecule has 0 saturated carbocycles. The molecular formula is C14H21NO3. The van der Waals surface area contributed by atoms with E-state index in [9.17, 15) is 5.11 Å². The predicted molar refractivity (Wildman–Crippen MR) is 69.9 cm³/mol. The summed E-state index contributed by atoms with van der Waals surface area (Å²) in [7, 11) is 0. The van der Waals surface area contributed by atoms with E-state index in [2.05, 4.69) is 12.2 Å². The van der Waals surface area contributed by atoms with Crippen LogP contribution in [0.4, 0.5) is 0 Å². The number of rotatable bonds is 5. The average molecular weight is 251 g/mol. The van der Waals surface area contributed by atoms with Gasteiger partial charge >= 0.3 is 0 Å². The van der Waals surface area contributed by atoms with Crippen molar-refractivity contribution in [3.63, 3.8) is 0 Å². The first-order chi connectivity index (χ1) is 8.46. The monoisotopic (exact) mass is 251 g/mol.